The van der Waals surface area contributed by atoms with E-state index in [0.717, 1.165) is 30.0 Å². The summed E-state index contributed by atoms with van der Waals surface area (Å²) in [5, 5.41) is 21.9. The lowest BCUT2D eigenvalue weighted by atomic mass is 10.2. The van der Waals surface area contributed by atoms with Crippen molar-refractivity contribution >= 4 is 40.1 Å². The molecule has 0 aliphatic heterocycles. The van der Waals surface area contributed by atoms with Crippen LogP contribution in [-0.2, 0) is 11.2 Å². The van der Waals surface area contributed by atoms with Crippen LogP contribution in [0.25, 0.3) is 11.8 Å². The van der Waals surface area contributed by atoms with Gasteiger partial charge < -0.3 is 9.30 Å². The topological polar surface area (TPSA) is 92.8 Å². The van der Waals surface area contributed by atoms with Crippen molar-refractivity contribution in [3.05, 3.63) is 57.8 Å². The smallest absolute Gasteiger partial charge is 0.268 e. The summed E-state index contributed by atoms with van der Waals surface area (Å²) in [6.07, 6.45) is 6.23. The number of hydrogen-bond donors (Lipinski definition) is 1. The van der Waals surface area contributed by atoms with Gasteiger partial charge in [-0.3, -0.25) is 10.1 Å². The Balaban J connectivity index is 1.81. The molecule has 154 valence electrons. The SMILES string of the molecule is CCCCc1nnc(NC(=O)/C(C#N)=C\c2cccn2-c2ccc(OC)c(Cl)c2)s1. The van der Waals surface area contributed by atoms with Gasteiger partial charge in [0.25, 0.3) is 5.91 Å². The maximum absolute atomic E-state index is 12.6. The van der Waals surface area contributed by atoms with Gasteiger partial charge in [0.2, 0.25) is 5.13 Å². The van der Waals surface area contributed by atoms with Crippen LogP contribution in [0.4, 0.5) is 5.13 Å². The quantitative estimate of drug-likeness (QED) is 0.397. The number of benzene rings is 1. The highest BCUT2D eigenvalue weighted by Crippen LogP contribution is 2.28. The van der Waals surface area contributed by atoms with Crippen molar-refractivity contribution in [3.63, 3.8) is 0 Å². The predicted octanol–water partition coefficient (Wildman–Crippen LogP) is 4.88. The number of anilines is 1. The Hall–Kier alpha value is -3.15. The number of aryl methyl sites for hydroxylation is 1. The number of hydrogen-bond acceptors (Lipinski definition) is 6. The molecule has 0 fully saturated rings. The Bertz CT molecular complexity index is 1110. The van der Waals surface area contributed by atoms with Crippen molar-refractivity contribution in [3.8, 4) is 17.5 Å². The number of aromatic nitrogens is 3. The Labute approximate surface area is 183 Å². The number of ether oxygens (including phenoxy) is 1. The summed E-state index contributed by atoms with van der Waals surface area (Å²) in [6.45, 7) is 2.10. The summed E-state index contributed by atoms with van der Waals surface area (Å²) in [6, 6.07) is 10.9. The molecule has 30 heavy (non-hydrogen) atoms. The Morgan fingerprint density at radius 2 is 2.23 bits per heavy atom. The van der Waals surface area contributed by atoms with Crippen molar-refractivity contribution in [2.75, 3.05) is 12.4 Å². The molecule has 2 aromatic heterocycles. The van der Waals surface area contributed by atoms with E-state index in [-0.39, 0.29) is 5.57 Å². The minimum atomic E-state index is -0.531. The average molecular weight is 442 g/mol. The largest absolute Gasteiger partial charge is 0.495 e. The van der Waals surface area contributed by atoms with Crippen LogP contribution in [0.2, 0.25) is 5.02 Å². The van der Waals surface area contributed by atoms with E-state index >= 15 is 0 Å². The van der Waals surface area contributed by atoms with Gasteiger partial charge in [0.15, 0.2) is 0 Å². The third kappa shape index (κ3) is 5.06. The average Bonchev–Trinajstić information content (AvgIpc) is 3.39. The Kier molecular flexibility index (Phi) is 7.22. The second kappa shape index (κ2) is 10.1. The first kappa shape index (κ1) is 21.6. The van der Waals surface area contributed by atoms with Crippen LogP contribution < -0.4 is 10.1 Å². The fourth-order valence-corrected chi connectivity index (χ4v) is 3.77. The van der Waals surface area contributed by atoms with Crippen LogP contribution in [0.15, 0.2) is 42.1 Å². The molecule has 1 amide bonds. The van der Waals surface area contributed by atoms with Crippen molar-refractivity contribution in [1.82, 2.24) is 14.8 Å². The number of nitrogens with one attached hydrogen (secondary N) is 1. The monoisotopic (exact) mass is 441 g/mol. The van der Waals surface area contributed by atoms with E-state index in [0.29, 0.717) is 21.6 Å². The maximum atomic E-state index is 12.6. The molecule has 0 aliphatic carbocycles. The van der Waals surface area contributed by atoms with Crippen LogP contribution in [0.1, 0.15) is 30.5 Å². The predicted molar refractivity (Wildman–Crippen MR) is 118 cm³/mol. The summed E-state index contributed by atoms with van der Waals surface area (Å²) in [4.78, 5) is 12.6. The first-order valence-corrected chi connectivity index (χ1v) is 10.5. The molecule has 0 bridgehead atoms. The minimum Gasteiger partial charge on any atom is -0.495 e. The van der Waals surface area contributed by atoms with Gasteiger partial charge in [0.05, 0.1) is 12.1 Å². The molecule has 1 N–H and O–H groups in total. The van der Waals surface area contributed by atoms with Crippen LogP contribution in [0.5, 0.6) is 5.75 Å². The maximum Gasteiger partial charge on any atom is 0.268 e. The van der Waals surface area contributed by atoms with Crippen molar-refractivity contribution < 1.29 is 9.53 Å². The summed E-state index contributed by atoms with van der Waals surface area (Å²) in [7, 11) is 1.55. The summed E-state index contributed by atoms with van der Waals surface area (Å²) < 4.78 is 7.00. The molecule has 0 atom stereocenters. The molecule has 7 nitrogen and oxygen atoms in total. The van der Waals surface area contributed by atoms with E-state index < -0.39 is 5.91 Å². The van der Waals surface area contributed by atoms with Gasteiger partial charge in [0, 0.05) is 24.0 Å². The molecule has 1 aromatic carbocycles. The number of amides is 1. The molecule has 0 unspecified atom stereocenters. The third-order valence-corrected chi connectivity index (χ3v) is 5.48. The summed E-state index contributed by atoms with van der Waals surface area (Å²) in [5.41, 5.74) is 1.39. The molecule has 0 spiro atoms. The first-order valence-electron chi connectivity index (χ1n) is 9.32. The Morgan fingerprint density at radius 1 is 1.40 bits per heavy atom. The number of nitrogens with zero attached hydrogens (tertiary/aromatic N) is 4. The van der Waals surface area contributed by atoms with Gasteiger partial charge >= 0.3 is 0 Å². The second-order valence-electron chi connectivity index (χ2n) is 6.35. The first-order chi connectivity index (χ1) is 14.5. The second-order valence-corrected chi connectivity index (χ2v) is 7.82. The van der Waals surface area contributed by atoms with E-state index in [1.807, 2.05) is 29.0 Å². The molecule has 3 aromatic rings. The number of nitriles is 1. The lowest BCUT2D eigenvalue weighted by Crippen LogP contribution is -2.13. The molecular weight excluding hydrogens is 422 g/mol. The summed E-state index contributed by atoms with van der Waals surface area (Å²) in [5.74, 6) is 0.0355. The van der Waals surface area contributed by atoms with E-state index in [2.05, 4.69) is 22.4 Å². The van der Waals surface area contributed by atoms with Gasteiger partial charge in [0.1, 0.15) is 22.4 Å². The number of carbonyl (C=O) groups excluding carboxylic acids is 1. The molecule has 2 heterocycles. The highest BCUT2D eigenvalue weighted by molar-refractivity contribution is 7.15. The molecule has 0 saturated carbocycles. The highest BCUT2D eigenvalue weighted by atomic mass is 35.5. The van der Waals surface area contributed by atoms with Crippen molar-refractivity contribution in [2.24, 2.45) is 0 Å². The van der Waals surface area contributed by atoms with Crippen LogP contribution >= 0.6 is 22.9 Å². The van der Waals surface area contributed by atoms with Crippen molar-refractivity contribution in [1.29, 1.82) is 5.26 Å². The number of halogens is 1. The molecule has 9 heteroatoms. The highest BCUT2D eigenvalue weighted by Gasteiger charge is 2.14. The van der Waals surface area contributed by atoms with Crippen LogP contribution in [0, 0.1) is 11.3 Å². The van der Waals surface area contributed by atoms with E-state index in [4.69, 9.17) is 16.3 Å². The number of rotatable bonds is 8. The number of methoxy groups -OCH3 is 1. The third-order valence-electron chi connectivity index (χ3n) is 4.28. The van der Waals surface area contributed by atoms with E-state index in [1.165, 1.54) is 17.4 Å². The molecule has 3 rings (SSSR count). The fourth-order valence-electron chi connectivity index (χ4n) is 2.75. The molecule has 0 aliphatic rings. The molecule has 0 radical (unpaired) electrons. The van der Waals surface area contributed by atoms with Gasteiger partial charge in [-0.1, -0.05) is 36.3 Å². The minimum absolute atomic E-state index is 0.0418. The standard InChI is InChI=1S/C21H20ClN5O2S/c1-3-4-7-19-25-26-21(30-19)24-20(28)14(13-23)11-15-6-5-10-27(15)16-8-9-18(29-2)17(22)12-16/h5-6,8-12H,3-4,7H2,1-2H3,(H,24,26,28)/b14-11-. The van der Waals surface area contributed by atoms with Gasteiger partial charge in [-0.15, -0.1) is 10.2 Å². The summed E-state index contributed by atoms with van der Waals surface area (Å²) >= 11 is 7.54. The van der Waals surface area contributed by atoms with Gasteiger partial charge in [-0.05, 0) is 42.8 Å². The van der Waals surface area contributed by atoms with Crippen LogP contribution in [-0.4, -0.2) is 27.8 Å². The van der Waals surface area contributed by atoms with E-state index in [1.54, 1.807) is 25.3 Å². The fraction of sp³-hybridized carbons (Fsp3) is 0.238. The van der Waals surface area contributed by atoms with E-state index in [9.17, 15) is 10.1 Å². The molecule has 0 saturated heterocycles. The van der Waals surface area contributed by atoms with Crippen molar-refractivity contribution in [2.45, 2.75) is 26.2 Å². The van der Waals surface area contributed by atoms with Crippen LogP contribution in [0.3, 0.4) is 0 Å². The lowest BCUT2D eigenvalue weighted by molar-refractivity contribution is -0.112. The molecular formula is C21H20ClN5O2S. The van der Waals surface area contributed by atoms with Gasteiger partial charge in [-0.25, -0.2) is 0 Å². The van der Waals surface area contributed by atoms with Gasteiger partial charge in [-0.2, -0.15) is 5.26 Å². The zero-order chi connectivity index (χ0) is 21.5. The zero-order valence-corrected chi connectivity index (χ0v) is 18.1. The number of unbranched alkanes of at least 4 members (excludes halogenated alkanes) is 1. The Morgan fingerprint density at radius 3 is 2.93 bits per heavy atom. The lowest BCUT2D eigenvalue weighted by Gasteiger charge is -2.10. The zero-order valence-electron chi connectivity index (χ0n) is 16.6. The normalized spacial score (nSPS) is 11.2. The number of carbonyl (C=O) groups is 1.